The van der Waals surface area contributed by atoms with Crippen molar-refractivity contribution in [1.29, 1.82) is 0 Å². The molecule has 8 heteroatoms. The zero-order valence-electron chi connectivity index (χ0n) is 26.9. The molecule has 0 saturated carbocycles. The monoisotopic (exact) mass is 361 g/mol. The molecule has 0 bridgehead atoms. The third kappa shape index (κ3) is 3.02. The molecule has 1 unspecified atom stereocenters. The zero-order chi connectivity index (χ0) is 30.0. The van der Waals surface area contributed by atoms with Crippen LogP contribution in [0.15, 0.2) is 23.4 Å². The molecule has 0 aromatic carbocycles. The average Bonchev–Trinajstić information content (AvgIpc) is 3.08. The van der Waals surface area contributed by atoms with Gasteiger partial charge in [-0.1, -0.05) is 0 Å². The van der Waals surface area contributed by atoms with Gasteiger partial charge in [0, 0.05) is 42.7 Å². The number of aromatic amines is 1. The molecule has 0 radical (unpaired) electrons. The van der Waals surface area contributed by atoms with Gasteiger partial charge in [0.1, 0.15) is 5.75 Å². The van der Waals surface area contributed by atoms with Crippen LogP contribution in [0.5, 0.6) is 11.6 Å². The highest BCUT2D eigenvalue weighted by Gasteiger charge is 2.21. The molecule has 7 nitrogen and oxygen atoms in total. The highest BCUT2D eigenvalue weighted by atomic mass is 32.2. The van der Waals surface area contributed by atoms with E-state index in [1.165, 1.54) is 0 Å². The summed E-state index contributed by atoms with van der Waals surface area (Å²) in [5, 5.41) is -0.924. The van der Waals surface area contributed by atoms with Crippen LogP contribution in [0, 0.1) is 13.7 Å². The molecule has 3 rings (SSSR count). The minimum Gasteiger partial charge on any atom is -0.609 e. The molecular formula is C16H18N4O3S. The molecule has 24 heavy (non-hydrogen) atoms. The number of nitrogens with zero attached hydrogens (tertiary/aromatic N) is 3. The van der Waals surface area contributed by atoms with E-state index in [0.29, 0.717) is 0 Å². The third-order valence-electron chi connectivity index (χ3n) is 2.74. The van der Waals surface area contributed by atoms with Crippen LogP contribution in [0.1, 0.15) is 36.0 Å². The second kappa shape index (κ2) is 6.66. The number of rotatable bonds is 5. The minimum atomic E-state index is -3.50. The number of methoxy groups -OCH3 is 2. The summed E-state index contributed by atoms with van der Waals surface area (Å²) in [4.78, 5) is 11.3. The summed E-state index contributed by atoms with van der Waals surface area (Å²) in [6, 6.07) is -1.19. The molecule has 0 aliphatic heterocycles. The van der Waals surface area contributed by atoms with Gasteiger partial charge in [0.2, 0.25) is 5.88 Å². The first kappa shape index (κ1) is 6.20. The Morgan fingerprint density at radius 3 is 3.08 bits per heavy atom. The molecule has 0 aliphatic carbocycles. The molecule has 1 N–H and O–H groups in total. The predicted octanol–water partition coefficient (Wildman–Crippen LogP) is 2.29. The van der Waals surface area contributed by atoms with Gasteiger partial charge in [-0.05, 0) is 19.7 Å². The van der Waals surface area contributed by atoms with Gasteiger partial charge in [0.15, 0.2) is 12.8 Å². The highest BCUT2D eigenvalue weighted by molar-refractivity contribution is 7.90. The van der Waals surface area contributed by atoms with Crippen molar-refractivity contribution < 1.29 is 34.6 Å². The maximum Gasteiger partial charge on any atom is 0.323 e. The fourth-order valence-electron chi connectivity index (χ4n) is 1.65. The van der Waals surface area contributed by atoms with Crippen LogP contribution in [0.2, 0.25) is 1.41 Å². The van der Waals surface area contributed by atoms with Crippen molar-refractivity contribution >= 4 is 22.3 Å². The maximum atomic E-state index is 13.5. The Hall–Kier alpha value is -2.32. The predicted molar refractivity (Wildman–Crippen MR) is 90.8 cm³/mol. The van der Waals surface area contributed by atoms with Crippen molar-refractivity contribution in [2.45, 2.75) is 24.6 Å². The maximum absolute atomic E-state index is 13.5. The van der Waals surface area contributed by atoms with Crippen molar-refractivity contribution in [2.24, 2.45) is 0 Å². The second-order valence-corrected chi connectivity index (χ2v) is 5.28. The number of aromatic nitrogens is 4. The van der Waals surface area contributed by atoms with Crippen molar-refractivity contribution in [3.63, 3.8) is 0 Å². The van der Waals surface area contributed by atoms with E-state index < -0.39 is 94.8 Å². The minimum absolute atomic E-state index is 0.239. The summed E-state index contributed by atoms with van der Waals surface area (Å²) in [5.41, 5.74) is -8.26. The van der Waals surface area contributed by atoms with E-state index >= 15 is 0 Å². The van der Waals surface area contributed by atoms with E-state index in [0.717, 1.165) is 7.11 Å². The van der Waals surface area contributed by atoms with Crippen LogP contribution in [0.4, 0.5) is 0 Å². The fraction of sp³-hybridized carbons (Fsp3) is 0.312. The van der Waals surface area contributed by atoms with Crippen molar-refractivity contribution in [3.8, 4) is 11.6 Å². The van der Waals surface area contributed by atoms with Crippen molar-refractivity contribution in [3.05, 3.63) is 35.1 Å². The summed E-state index contributed by atoms with van der Waals surface area (Å²) < 4.78 is 141. The number of nitrogens with one attached hydrogen (secondary N) is 1. The van der Waals surface area contributed by atoms with E-state index in [9.17, 15) is 4.55 Å². The Morgan fingerprint density at radius 2 is 2.33 bits per heavy atom. The van der Waals surface area contributed by atoms with E-state index in [4.69, 9.17) is 25.3 Å². The molecule has 0 fully saturated rings. The Balaban J connectivity index is 2.38. The second-order valence-electron chi connectivity index (χ2n) is 4.17. The average molecular weight is 362 g/mol. The highest BCUT2D eigenvalue weighted by Crippen LogP contribution is 2.26. The summed E-state index contributed by atoms with van der Waals surface area (Å²) in [7, 11) is -2.31. The topological polar surface area (TPSA) is 96.0 Å². The number of hydrogen-bond donors (Lipinski definition) is 1. The van der Waals surface area contributed by atoms with Gasteiger partial charge in [0.25, 0.3) is 0 Å². The number of hydrogen-bond acceptors (Lipinski definition) is 6. The number of fused-ring (bicyclic) bond motifs is 1. The lowest BCUT2D eigenvalue weighted by molar-refractivity contribution is 0.399. The van der Waals surface area contributed by atoms with Crippen LogP contribution < -0.4 is 9.47 Å². The van der Waals surface area contributed by atoms with Crippen LogP contribution in [0.25, 0.3) is 11.2 Å². The SMILES string of the molecule is [2H]c1nc(C([2H])([2H])[S+]([O-])c2nc3nc(OC)c([2H])c([2H])c3n2[2H])c(C([2H])([2H])[2H])c(OC([2H])([2H])[2H])c1C([2H])([2H])[2H]. The fourth-order valence-corrected chi connectivity index (χ4v) is 2.41. The van der Waals surface area contributed by atoms with Gasteiger partial charge in [-0.3, -0.25) is 9.96 Å². The van der Waals surface area contributed by atoms with E-state index in [2.05, 4.69) is 19.7 Å². The lowest BCUT2D eigenvalue weighted by Crippen LogP contribution is -2.10. The van der Waals surface area contributed by atoms with Gasteiger partial charge in [-0.15, -0.1) is 0 Å². The Kier molecular flexibility index (Phi) is 1.72. The molecule has 3 aromatic rings. The zero-order valence-corrected chi connectivity index (χ0v) is 12.7. The van der Waals surface area contributed by atoms with Crippen LogP contribution >= 0.6 is 0 Å². The normalized spacial score (nSPS) is 23.7. The van der Waals surface area contributed by atoms with Gasteiger partial charge >= 0.3 is 5.16 Å². The third-order valence-corrected chi connectivity index (χ3v) is 3.63. The largest absolute Gasteiger partial charge is 0.609 e. The quantitative estimate of drug-likeness (QED) is 0.701. The molecular weight excluding hydrogens is 328 g/mol. The van der Waals surface area contributed by atoms with E-state index in [-0.39, 0.29) is 10.9 Å². The molecule has 3 aromatic heterocycles. The summed E-state index contributed by atoms with van der Waals surface area (Å²) in [6.45, 7) is -6.83. The smallest absolute Gasteiger partial charge is 0.323 e. The number of imidazole rings is 1. The van der Waals surface area contributed by atoms with Crippen LogP contribution in [-0.2, 0) is 16.9 Å². The van der Waals surface area contributed by atoms with Crippen LogP contribution in [0.3, 0.4) is 0 Å². The number of pyridine rings is 2. The van der Waals surface area contributed by atoms with Gasteiger partial charge in [-0.2, -0.15) is 9.97 Å². The number of ether oxygens (including phenoxy) is 2. The van der Waals surface area contributed by atoms with Gasteiger partial charge in [-0.25, -0.2) is 0 Å². The number of H-pyrrole nitrogens is 1. The van der Waals surface area contributed by atoms with Crippen molar-refractivity contribution in [1.82, 2.24) is 19.9 Å². The standard InChI is InChI=1S/C16H18N4O3S/c1-9-7-17-12(10(2)14(9)23-4)8-24(21)16-18-11-5-6-13(22-3)19-15(11)20-16/h5-7H,8H2,1-4H3,(H,18,19,20)/i1D3,2D3,4D3,5D,6D,7D,8D2/hD. The van der Waals surface area contributed by atoms with Crippen LogP contribution in [-0.4, -0.2) is 38.6 Å². The molecule has 0 saturated heterocycles. The first-order valence-electron chi connectivity index (χ1n) is 13.6. The molecule has 0 amide bonds. The Bertz CT molecular complexity index is 1430. The lowest BCUT2D eigenvalue weighted by atomic mass is 10.1. The first-order chi connectivity index (χ1) is 17.5. The van der Waals surface area contributed by atoms with Crippen molar-refractivity contribution in [2.75, 3.05) is 14.1 Å². The summed E-state index contributed by atoms with van der Waals surface area (Å²) in [6.07, 6.45) is -1.27. The molecule has 0 aliphatic rings. The lowest BCUT2D eigenvalue weighted by Gasteiger charge is -2.13. The van der Waals surface area contributed by atoms with Gasteiger partial charge in [0.05, 0.1) is 36.3 Å². The summed E-state index contributed by atoms with van der Waals surface area (Å²) in [5.74, 6) is -1.74. The Morgan fingerprint density at radius 1 is 1.42 bits per heavy atom. The first-order valence-corrected chi connectivity index (χ1v) is 7.28. The molecule has 126 valence electrons. The summed E-state index contributed by atoms with van der Waals surface area (Å²) >= 11 is -3.19. The molecule has 3 heterocycles. The van der Waals surface area contributed by atoms with Gasteiger partial charge < -0.3 is 14.0 Å². The van der Waals surface area contributed by atoms with E-state index in [1.54, 1.807) is 0 Å². The Labute approximate surface area is 163 Å². The molecule has 0 spiro atoms. The molecule has 1 atom stereocenters. The van der Waals surface area contributed by atoms with E-state index in [1.807, 2.05) is 0 Å².